The van der Waals surface area contributed by atoms with E-state index in [2.05, 4.69) is 57.6 Å². The second-order valence-electron chi connectivity index (χ2n) is 5.96. The Bertz CT molecular complexity index is 627. The molecule has 1 N–H and O–H groups in total. The third-order valence-electron chi connectivity index (χ3n) is 4.36. The van der Waals surface area contributed by atoms with Crippen LogP contribution in [0.3, 0.4) is 0 Å². The van der Waals surface area contributed by atoms with Crippen molar-refractivity contribution in [2.24, 2.45) is 0 Å². The number of anilines is 1. The average molecular weight is 285 g/mol. The van der Waals surface area contributed by atoms with Gasteiger partial charge in [0.15, 0.2) is 5.82 Å². The number of rotatable bonds is 3. The highest BCUT2D eigenvalue weighted by molar-refractivity contribution is 5.92. The van der Waals surface area contributed by atoms with Crippen molar-refractivity contribution < 1.29 is 0 Å². The summed E-state index contributed by atoms with van der Waals surface area (Å²) in [6.45, 7) is 6.23. The lowest BCUT2D eigenvalue weighted by atomic mass is 10.1. The predicted octanol–water partition coefficient (Wildman–Crippen LogP) is 1.60. The topological polar surface area (TPSA) is 44.3 Å². The SMILES string of the molecule is Cc1nnc(NCC2CN(C)CCN2C)c2ccccc12. The van der Waals surface area contributed by atoms with Crippen LogP contribution >= 0.6 is 0 Å². The molecule has 0 amide bonds. The molecular weight excluding hydrogens is 262 g/mol. The molecule has 112 valence electrons. The number of aryl methyl sites for hydroxylation is 1. The van der Waals surface area contributed by atoms with Crippen LogP contribution in [-0.4, -0.2) is 66.3 Å². The standard InChI is InChI=1S/C16H23N5/c1-12-14-6-4-5-7-15(14)16(19-18-12)17-10-13-11-20(2)8-9-21(13)3/h4-7,13H,8-11H2,1-3H3,(H,17,19). The first-order valence-electron chi connectivity index (χ1n) is 7.50. The number of nitrogens with one attached hydrogen (secondary N) is 1. The molecule has 1 saturated heterocycles. The van der Waals surface area contributed by atoms with Crippen molar-refractivity contribution in [1.82, 2.24) is 20.0 Å². The summed E-state index contributed by atoms with van der Waals surface area (Å²) in [5.41, 5.74) is 0.977. The van der Waals surface area contributed by atoms with Crippen LogP contribution in [0.25, 0.3) is 10.8 Å². The second kappa shape index (κ2) is 5.95. The van der Waals surface area contributed by atoms with E-state index >= 15 is 0 Å². The Labute approximate surface area is 126 Å². The highest BCUT2D eigenvalue weighted by atomic mass is 15.3. The van der Waals surface area contributed by atoms with Crippen LogP contribution in [0.2, 0.25) is 0 Å². The summed E-state index contributed by atoms with van der Waals surface area (Å²) in [6.07, 6.45) is 0. The molecule has 3 rings (SSSR count). The van der Waals surface area contributed by atoms with Gasteiger partial charge in [0, 0.05) is 43.0 Å². The van der Waals surface area contributed by atoms with E-state index in [0.717, 1.165) is 43.1 Å². The van der Waals surface area contributed by atoms with E-state index in [4.69, 9.17) is 0 Å². The molecule has 1 aromatic heterocycles. The molecule has 1 unspecified atom stereocenters. The fraction of sp³-hybridized carbons (Fsp3) is 0.500. The Kier molecular flexibility index (Phi) is 4.03. The van der Waals surface area contributed by atoms with Gasteiger partial charge in [-0.3, -0.25) is 4.90 Å². The van der Waals surface area contributed by atoms with Crippen molar-refractivity contribution in [3.05, 3.63) is 30.0 Å². The molecule has 1 fully saturated rings. The second-order valence-corrected chi connectivity index (χ2v) is 5.96. The van der Waals surface area contributed by atoms with Gasteiger partial charge in [-0.2, -0.15) is 5.10 Å². The Morgan fingerprint density at radius 1 is 1.14 bits per heavy atom. The Hall–Kier alpha value is -1.72. The fourth-order valence-corrected chi connectivity index (χ4v) is 2.90. The number of piperazine rings is 1. The van der Waals surface area contributed by atoms with Gasteiger partial charge >= 0.3 is 0 Å². The minimum Gasteiger partial charge on any atom is -0.366 e. The monoisotopic (exact) mass is 285 g/mol. The molecule has 1 aliphatic rings. The van der Waals surface area contributed by atoms with Crippen molar-refractivity contribution in [3.63, 3.8) is 0 Å². The average Bonchev–Trinajstić information content (AvgIpc) is 2.50. The van der Waals surface area contributed by atoms with Gasteiger partial charge in [-0.1, -0.05) is 24.3 Å². The van der Waals surface area contributed by atoms with Gasteiger partial charge < -0.3 is 10.2 Å². The number of aromatic nitrogens is 2. The van der Waals surface area contributed by atoms with Crippen LogP contribution < -0.4 is 5.32 Å². The highest BCUT2D eigenvalue weighted by Gasteiger charge is 2.22. The van der Waals surface area contributed by atoms with Crippen LogP contribution in [0.4, 0.5) is 5.82 Å². The summed E-state index contributed by atoms with van der Waals surface area (Å²) in [4.78, 5) is 4.79. The molecule has 21 heavy (non-hydrogen) atoms. The number of hydrogen-bond acceptors (Lipinski definition) is 5. The first kappa shape index (κ1) is 14.2. The van der Waals surface area contributed by atoms with Gasteiger partial charge in [0.25, 0.3) is 0 Å². The molecule has 0 spiro atoms. The fourth-order valence-electron chi connectivity index (χ4n) is 2.90. The van der Waals surface area contributed by atoms with Crippen molar-refractivity contribution in [2.75, 3.05) is 45.6 Å². The van der Waals surface area contributed by atoms with Gasteiger partial charge in [-0.15, -0.1) is 5.10 Å². The van der Waals surface area contributed by atoms with Crippen LogP contribution in [0.15, 0.2) is 24.3 Å². The molecule has 5 heteroatoms. The zero-order valence-electron chi connectivity index (χ0n) is 13.0. The third kappa shape index (κ3) is 2.99. The normalized spacial score (nSPS) is 20.8. The molecule has 2 aromatic rings. The van der Waals surface area contributed by atoms with Gasteiger partial charge in [0.05, 0.1) is 5.69 Å². The van der Waals surface area contributed by atoms with Crippen molar-refractivity contribution in [1.29, 1.82) is 0 Å². The van der Waals surface area contributed by atoms with E-state index in [0.29, 0.717) is 6.04 Å². The molecule has 2 heterocycles. The Balaban J connectivity index is 1.78. The molecule has 0 saturated carbocycles. The van der Waals surface area contributed by atoms with Gasteiger partial charge in [-0.05, 0) is 21.0 Å². The maximum atomic E-state index is 4.34. The summed E-state index contributed by atoms with van der Waals surface area (Å²) in [6, 6.07) is 8.81. The molecule has 5 nitrogen and oxygen atoms in total. The number of likely N-dealkylation sites (N-methyl/N-ethyl adjacent to an activating group) is 2. The van der Waals surface area contributed by atoms with Crippen molar-refractivity contribution >= 4 is 16.6 Å². The summed E-state index contributed by atoms with van der Waals surface area (Å²) < 4.78 is 0. The number of nitrogens with zero attached hydrogens (tertiary/aromatic N) is 4. The molecule has 1 aromatic carbocycles. The lowest BCUT2D eigenvalue weighted by Crippen LogP contribution is -2.52. The maximum absolute atomic E-state index is 4.34. The van der Waals surface area contributed by atoms with E-state index in [1.807, 2.05) is 13.0 Å². The third-order valence-corrected chi connectivity index (χ3v) is 4.36. The number of benzene rings is 1. The first-order valence-corrected chi connectivity index (χ1v) is 7.50. The van der Waals surface area contributed by atoms with Gasteiger partial charge in [0.1, 0.15) is 0 Å². The molecule has 1 atom stereocenters. The van der Waals surface area contributed by atoms with E-state index in [9.17, 15) is 0 Å². The Morgan fingerprint density at radius 3 is 2.71 bits per heavy atom. The lowest BCUT2D eigenvalue weighted by Gasteiger charge is -2.37. The molecular formula is C16H23N5. The number of hydrogen-bond donors (Lipinski definition) is 1. The van der Waals surface area contributed by atoms with E-state index in [1.165, 1.54) is 5.39 Å². The molecule has 0 aliphatic carbocycles. The minimum absolute atomic E-state index is 0.505. The van der Waals surface area contributed by atoms with Crippen LogP contribution in [0, 0.1) is 6.92 Å². The van der Waals surface area contributed by atoms with Crippen LogP contribution in [0.5, 0.6) is 0 Å². The highest BCUT2D eigenvalue weighted by Crippen LogP contribution is 2.22. The van der Waals surface area contributed by atoms with E-state index < -0.39 is 0 Å². The molecule has 0 radical (unpaired) electrons. The predicted molar refractivity (Wildman–Crippen MR) is 86.7 cm³/mol. The van der Waals surface area contributed by atoms with E-state index in [1.54, 1.807) is 0 Å². The smallest absolute Gasteiger partial charge is 0.156 e. The van der Waals surface area contributed by atoms with Crippen molar-refractivity contribution in [2.45, 2.75) is 13.0 Å². The molecule has 0 bridgehead atoms. The molecule has 1 aliphatic heterocycles. The summed E-state index contributed by atoms with van der Waals surface area (Å²) >= 11 is 0. The van der Waals surface area contributed by atoms with Gasteiger partial charge in [0.2, 0.25) is 0 Å². The Morgan fingerprint density at radius 2 is 1.90 bits per heavy atom. The zero-order valence-corrected chi connectivity index (χ0v) is 13.0. The van der Waals surface area contributed by atoms with Gasteiger partial charge in [-0.25, -0.2) is 0 Å². The maximum Gasteiger partial charge on any atom is 0.156 e. The quantitative estimate of drug-likeness (QED) is 0.928. The van der Waals surface area contributed by atoms with Crippen LogP contribution in [-0.2, 0) is 0 Å². The van der Waals surface area contributed by atoms with E-state index in [-0.39, 0.29) is 0 Å². The minimum atomic E-state index is 0.505. The zero-order chi connectivity index (χ0) is 14.8. The first-order chi connectivity index (χ1) is 10.1. The summed E-state index contributed by atoms with van der Waals surface area (Å²) in [7, 11) is 4.37. The van der Waals surface area contributed by atoms with Crippen LogP contribution in [0.1, 0.15) is 5.69 Å². The largest absolute Gasteiger partial charge is 0.366 e. The summed E-state index contributed by atoms with van der Waals surface area (Å²) in [5.74, 6) is 0.887. The number of fused-ring (bicyclic) bond motifs is 1. The summed E-state index contributed by atoms with van der Waals surface area (Å²) in [5, 5.41) is 14.4. The van der Waals surface area contributed by atoms with Crippen molar-refractivity contribution in [3.8, 4) is 0 Å². The lowest BCUT2D eigenvalue weighted by molar-refractivity contribution is 0.122.